The van der Waals surface area contributed by atoms with E-state index in [1.165, 1.54) is 7.11 Å². The third kappa shape index (κ3) is 5.70. The van der Waals surface area contributed by atoms with E-state index < -0.39 is 5.97 Å². The molecule has 208 valence electrons. The number of nitrogens with one attached hydrogen (secondary N) is 2. The van der Waals surface area contributed by atoms with Crippen LogP contribution in [0, 0.1) is 5.92 Å². The van der Waals surface area contributed by atoms with Crippen LogP contribution in [-0.4, -0.2) is 47.7 Å². The largest absolute Gasteiger partial charge is 0.497 e. The van der Waals surface area contributed by atoms with Crippen molar-refractivity contribution in [3.8, 4) is 11.5 Å². The molecular formula is C30H33N5O5. The van der Waals surface area contributed by atoms with Crippen molar-refractivity contribution < 1.29 is 23.8 Å². The van der Waals surface area contributed by atoms with E-state index in [0.29, 0.717) is 47.7 Å². The highest BCUT2D eigenvalue weighted by atomic mass is 16.5. The van der Waals surface area contributed by atoms with Crippen LogP contribution in [0.3, 0.4) is 0 Å². The molecule has 1 saturated carbocycles. The first-order valence-corrected chi connectivity index (χ1v) is 13.3. The summed E-state index contributed by atoms with van der Waals surface area (Å²) in [6.07, 6.45) is 6.74. The first kappa shape index (κ1) is 27.0. The number of nitrogens with zero attached hydrogens (tertiary/aromatic N) is 3. The van der Waals surface area contributed by atoms with Crippen LogP contribution in [0.2, 0.25) is 0 Å². The number of amides is 1. The monoisotopic (exact) mass is 543 g/mol. The SMILES string of the molecule is COC(=O)c1c(NC(=O)C2CCC2)c2cc(NCc3cc(OC)cc(OC)c3)cnc2n1CCc1ccccn1. The van der Waals surface area contributed by atoms with E-state index in [2.05, 4.69) is 15.6 Å². The lowest BCUT2D eigenvalue weighted by Gasteiger charge is -2.24. The Balaban J connectivity index is 1.52. The van der Waals surface area contributed by atoms with Crippen LogP contribution in [0.15, 0.2) is 54.9 Å². The lowest BCUT2D eigenvalue weighted by Crippen LogP contribution is -2.29. The molecule has 1 amide bonds. The molecule has 1 aromatic carbocycles. The average Bonchev–Trinajstić information content (AvgIpc) is 3.25. The minimum absolute atomic E-state index is 0.0604. The number of rotatable bonds is 11. The number of benzene rings is 1. The number of aryl methyl sites for hydroxylation is 2. The van der Waals surface area contributed by atoms with Crippen LogP contribution in [0.5, 0.6) is 11.5 Å². The summed E-state index contributed by atoms with van der Waals surface area (Å²) >= 11 is 0. The molecule has 3 aromatic heterocycles. The zero-order valence-electron chi connectivity index (χ0n) is 22.9. The fraction of sp³-hybridized carbons (Fsp3) is 0.333. The fourth-order valence-corrected chi connectivity index (χ4v) is 4.82. The molecule has 0 radical (unpaired) electrons. The highest BCUT2D eigenvalue weighted by Gasteiger charge is 2.30. The molecule has 0 spiro atoms. The van der Waals surface area contributed by atoms with Crippen LogP contribution in [0.25, 0.3) is 11.0 Å². The van der Waals surface area contributed by atoms with E-state index in [1.54, 1.807) is 26.6 Å². The molecule has 0 unspecified atom stereocenters. The minimum atomic E-state index is -0.541. The number of methoxy groups -OCH3 is 3. The number of fused-ring (bicyclic) bond motifs is 1. The van der Waals surface area contributed by atoms with E-state index in [0.717, 1.165) is 36.2 Å². The number of hydrogen-bond acceptors (Lipinski definition) is 8. The standard InChI is InChI=1S/C30H33N5O5/c1-38-23-13-19(14-24(16-23)39-2)17-32-22-15-25-26(34-29(36)20-7-6-8-20)27(30(37)40-3)35(28(25)33-18-22)12-10-21-9-4-5-11-31-21/h4-5,9,11,13-16,18,20,32H,6-8,10,12,17H2,1-3H3,(H,34,36). The van der Waals surface area contributed by atoms with Gasteiger partial charge in [0.1, 0.15) is 17.1 Å². The van der Waals surface area contributed by atoms with Crippen molar-refractivity contribution in [2.75, 3.05) is 32.0 Å². The molecule has 2 N–H and O–H groups in total. The van der Waals surface area contributed by atoms with Gasteiger partial charge in [-0.15, -0.1) is 0 Å². The third-order valence-electron chi connectivity index (χ3n) is 7.23. The Hall–Kier alpha value is -4.60. The van der Waals surface area contributed by atoms with E-state index in [9.17, 15) is 9.59 Å². The van der Waals surface area contributed by atoms with Gasteiger partial charge in [-0.3, -0.25) is 9.78 Å². The molecule has 10 nitrogen and oxygen atoms in total. The van der Waals surface area contributed by atoms with Gasteiger partial charge in [0.05, 0.1) is 38.9 Å². The summed E-state index contributed by atoms with van der Waals surface area (Å²) in [5, 5.41) is 7.09. The number of anilines is 2. The average molecular weight is 544 g/mol. The van der Waals surface area contributed by atoms with Crippen molar-refractivity contribution in [2.24, 2.45) is 5.92 Å². The smallest absolute Gasteiger partial charge is 0.356 e. The molecule has 1 aliphatic rings. The Morgan fingerprint density at radius 1 is 1.02 bits per heavy atom. The van der Waals surface area contributed by atoms with Gasteiger partial charge in [0.15, 0.2) is 5.69 Å². The van der Waals surface area contributed by atoms with Gasteiger partial charge in [0.25, 0.3) is 0 Å². The minimum Gasteiger partial charge on any atom is -0.497 e. The normalized spacial score (nSPS) is 13.0. The van der Waals surface area contributed by atoms with E-state index >= 15 is 0 Å². The van der Waals surface area contributed by atoms with Gasteiger partial charge in [-0.05, 0) is 48.7 Å². The lowest BCUT2D eigenvalue weighted by atomic mass is 9.85. The number of ether oxygens (including phenoxy) is 3. The van der Waals surface area contributed by atoms with Crippen molar-refractivity contribution in [3.05, 3.63) is 71.8 Å². The highest BCUT2D eigenvalue weighted by Crippen LogP contribution is 2.35. The second-order valence-electron chi connectivity index (χ2n) is 9.72. The number of carbonyl (C=O) groups is 2. The Labute approximate surface area is 232 Å². The fourth-order valence-electron chi connectivity index (χ4n) is 4.82. The van der Waals surface area contributed by atoms with Crippen molar-refractivity contribution in [1.82, 2.24) is 14.5 Å². The van der Waals surface area contributed by atoms with Gasteiger partial charge in [-0.25, -0.2) is 9.78 Å². The van der Waals surface area contributed by atoms with E-state index in [1.807, 2.05) is 47.0 Å². The van der Waals surface area contributed by atoms with Crippen LogP contribution in [0.1, 0.15) is 41.0 Å². The molecule has 10 heteroatoms. The number of aromatic nitrogens is 3. The second kappa shape index (κ2) is 12.1. The van der Waals surface area contributed by atoms with Gasteiger partial charge in [0.2, 0.25) is 5.91 Å². The topological polar surface area (TPSA) is 117 Å². The first-order valence-electron chi connectivity index (χ1n) is 13.3. The zero-order chi connectivity index (χ0) is 28.1. The predicted molar refractivity (Wildman–Crippen MR) is 152 cm³/mol. The molecule has 5 rings (SSSR count). The predicted octanol–water partition coefficient (Wildman–Crippen LogP) is 4.83. The molecule has 0 bridgehead atoms. The molecule has 3 heterocycles. The quantitative estimate of drug-likeness (QED) is 0.259. The Morgan fingerprint density at radius 3 is 2.42 bits per heavy atom. The maximum atomic E-state index is 13.1. The Kier molecular flexibility index (Phi) is 8.14. The molecule has 0 aliphatic heterocycles. The van der Waals surface area contributed by atoms with E-state index in [-0.39, 0.29) is 17.5 Å². The zero-order valence-corrected chi connectivity index (χ0v) is 22.9. The maximum Gasteiger partial charge on any atom is 0.356 e. The highest BCUT2D eigenvalue weighted by molar-refractivity contribution is 6.11. The number of pyridine rings is 2. The summed E-state index contributed by atoms with van der Waals surface area (Å²) in [7, 11) is 4.56. The Morgan fingerprint density at radius 2 is 1.80 bits per heavy atom. The van der Waals surface area contributed by atoms with Crippen molar-refractivity contribution in [3.63, 3.8) is 0 Å². The van der Waals surface area contributed by atoms with Crippen LogP contribution in [0.4, 0.5) is 11.4 Å². The van der Waals surface area contributed by atoms with Gasteiger partial charge in [-0.1, -0.05) is 12.5 Å². The maximum absolute atomic E-state index is 13.1. The van der Waals surface area contributed by atoms with Gasteiger partial charge in [0, 0.05) is 48.8 Å². The molecule has 4 aromatic rings. The van der Waals surface area contributed by atoms with E-state index in [4.69, 9.17) is 19.2 Å². The molecular weight excluding hydrogens is 510 g/mol. The van der Waals surface area contributed by atoms with Crippen molar-refractivity contribution in [2.45, 2.75) is 38.8 Å². The summed E-state index contributed by atoms with van der Waals surface area (Å²) in [5.41, 5.74) is 3.83. The summed E-state index contributed by atoms with van der Waals surface area (Å²) < 4.78 is 17.7. The summed E-state index contributed by atoms with van der Waals surface area (Å²) in [6.45, 7) is 0.912. The number of carbonyl (C=O) groups excluding carboxylic acids is 2. The molecule has 1 fully saturated rings. The molecule has 1 aliphatic carbocycles. The summed E-state index contributed by atoms with van der Waals surface area (Å²) in [5.74, 6) is 0.689. The van der Waals surface area contributed by atoms with Crippen LogP contribution >= 0.6 is 0 Å². The molecule has 0 atom stereocenters. The van der Waals surface area contributed by atoms with Gasteiger partial charge in [-0.2, -0.15) is 0 Å². The van der Waals surface area contributed by atoms with Crippen molar-refractivity contribution in [1.29, 1.82) is 0 Å². The number of esters is 1. The van der Waals surface area contributed by atoms with Crippen molar-refractivity contribution >= 4 is 34.3 Å². The molecule has 0 saturated heterocycles. The third-order valence-corrected chi connectivity index (χ3v) is 7.23. The number of hydrogen-bond donors (Lipinski definition) is 2. The van der Waals surface area contributed by atoms with Gasteiger partial charge < -0.3 is 29.4 Å². The van der Waals surface area contributed by atoms with Crippen LogP contribution < -0.4 is 20.1 Å². The summed E-state index contributed by atoms with van der Waals surface area (Å²) in [4.78, 5) is 35.3. The molecule has 40 heavy (non-hydrogen) atoms. The Bertz CT molecular complexity index is 1490. The van der Waals surface area contributed by atoms with Crippen LogP contribution in [-0.2, 0) is 29.0 Å². The summed E-state index contributed by atoms with van der Waals surface area (Å²) in [6, 6.07) is 13.3. The lowest BCUT2D eigenvalue weighted by molar-refractivity contribution is -0.122. The van der Waals surface area contributed by atoms with Gasteiger partial charge >= 0.3 is 5.97 Å². The second-order valence-corrected chi connectivity index (χ2v) is 9.72. The first-order chi connectivity index (χ1) is 19.5.